The quantitative estimate of drug-likeness (QED) is 0.709. The number of rotatable bonds is 3. The number of aromatic nitrogens is 3. The van der Waals surface area contributed by atoms with Gasteiger partial charge in [-0.1, -0.05) is 0 Å². The molecule has 0 radical (unpaired) electrons. The van der Waals surface area contributed by atoms with Gasteiger partial charge in [-0.3, -0.25) is 14.0 Å². The molecule has 10 heteroatoms. The minimum Gasteiger partial charge on any atom is -0.366 e. The molecule has 0 bridgehead atoms. The number of halogens is 3. The summed E-state index contributed by atoms with van der Waals surface area (Å²) in [5, 5.41) is 8.07. The van der Waals surface area contributed by atoms with Crippen LogP contribution in [0.2, 0.25) is 0 Å². The third kappa shape index (κ3) is 3.72. The molecular formula is C20H18F3N5O2. The van der Waals surface area contributed by atoms with Crippen LogP contribution in [-0.2, 0) is 6.18 Å². The van der Waals surface area contributed by atoms with E-state index in [1.165, 1.54) is 34.7 Å². The molecule has 156 valence electrons. The Morgan fingerprint density at radius 2 is 1.73 bits per heavy atom. The summed E-state index contributed by atoms with van der Waals surface area (Å²) in [6.45, 7) is 0.838. The molecule has 4 rings (SSSR count). The molecule has 2 N–H and O–H groups in total. The average Bonchev–Trinajstić information content (AvgIpc) is 3.16. The maximum absolute atomic E-state index is 13.1. The van der Waals surface area contributed by atoms with Crippen LogP contribution in [0.5, 0.6) is 0 Å². The normalized spacial score (nSPS) is 17.3. The first kappa shape index (κ1) is 19.9. The van der Waals surface area contributed by atoms with E-state index in [1.807, 2.05) is 0 Å². The molecule has 3 aromatic rings. The van der Waals surface area contributed by atoms with Gasteiger partial charge >= 0.3 is 6.18 Å². The van der Waals surface area contributed by atoms with Crippen LogP contribution in [0.15, 0.2) is 42.6 Å². The highest BCUT2D eigenvalue weighted by Gasteiger charge is 2.33. The Labute approximate surface area is 169 Å². The summed E-state index contributed by atoms with van der Waals surface area (Å²) < 4.78 is 40.6. The second-order valence-electron chi connectivity index (χ2n) is 7.23. The summed E-state index contributed by atoms with van der Waals surface area (Å²) >= 11 is 0. The second kappa shape index (κ2) is 7.43. The number of nitrogens with zero attached hydrogens (tertiary/aromatic N) is 4. The Kier molecular flexibility index (Phi) is 4.92. The van der Waals surface area contributed by atoms with Crippen LogP contribution in [0.4, 0.5) is 13.2 Å². The fraction of sp³-hybridized carbons (Fsp3) is 0.300. The highest BCUT2D eigenvalue weighted by molar-refractivity contribution is 5.97. The van der Waals surface area contributed by atoms with Crippen molar-refractivity contribution in [1.29, 1.82) is 0 Å². The molecule has 0 aliphatic carbocycles. The van der Waals surface area contributed by atoms with Crippen LogP contribution < -0.4 is 5.73 Å². The van der Waals surface area contributed by atoms with Crippen LogP contribution in [0.25, 0.3) is 5.65 Å². The Morgan fingerprint density at radius 1 is 1.03 bits per heavy atom. The number of benzene rings is 1. The van der Waals surface area contributed by atoms with E-state index in [1.54, 1.807) is 4.90 Å². The zero-order valence-electron chi connectivity index (χ0n) is 15.8. The number of fused-ring (bicyclic) bond motifs is 1. The average molecular weight is 417 g/mol. The highest BCUT2D eigenvalue weighted by atomic mass is 19.4. The minimum atomic E-state index is -4.47. The largest absolute Gasteiger partial charge is 0.417 e. The monoisotopic (exact) mass is 417 g/mol. The van der Waals surface area contributed by atoms with E-state index in [0.29, 0.717) is 48.5 Å². The first-order chi connectivity index (χ1) is 14.2. The zero-order chi connectivity index (χ0) is 21.5. The fourth-order valence-corrected chi connectivity index (χ4v) is 3.69. The Hall–Kier alpha value is -3.43. The number of piperidine rings is 1. The maximum Gasteiger partial charge on any atom is 0.417 e. The van der Waals surface area contributed by atoms with Gasteiger partial charge in [-0.15, -0.1) is 10.2 Å². The Bertz CT molecular complexity index is 1110. The number of nitrogens with two attached hydrogens (primary N) is 1. The van der Waals surface area contributed by atoms with Crippen molar-refractivity contribution in [2.24, 2.45) is 5.73 Å². The van der Waals surface area contributed by atoms with Crippen LogP contribution >= 0.6 is 0 Å². The van der Waals surface area contributed by atoms with Gasteiger partial charge in [0.15, 0.2) is 5.65 Å². The van der Waals surface area contributed by atoms with Gasteiger partial charge in [-0.25, -0.2) is 0 Å². The molecule has 1 aliphatic heterocycles. The molecule has 0 spiro atoms. The molecule has 1 fully saturated rings. The van der Waals surface area contributed by atoms with Gasteiger partial charge < -0.3 is 10.6 Å². The molecular weight excluding hydrogens is 399 g/mol. The highest BCUT2D eigenvalue weighted by Crippen LogP contribution is 2.31. The summed E-state index contributed by atoms with van der Waals surface area (Å²) in [4.78, 5) is 25.7. The topological polar surface area (TPSA) is 93.6 Å². The summed E-state index contributed by atoms with van der Waals surface area (Å²) in [6, 6.07) is 8.30. The van der Waals surface area contributed by atoms with Gasteiger partial charge in [0, 0.05) is 36.3 Å². The lowest BCUT2D eigenvalue weighted by atomic mass is 9.96. The number of pyridine rings is 1. The molecule has 2 amide bonds. The van der Waals surface area contributed by atoms with E-state index in [-0.39, 0.29) is 11.8 Å². The van der Waals surface area contributed by atoms with E-state index in [2.05, 4.69) is 10.2 Å². The number of likely N-dealkylation sites (tertiary alicyclic amines) is 1. The third-order valence-electron chi connectivity index (χ3n) is 5.25. The lowest BCUT2D eigenvalue weighted by Gasteiger charge is -2.32. The Morgan fingerprint density at radius 3 is 2.40 bits per heavy atom. The molecule has 30 heavy (non-hydrogen) atoms. The molecule has 1 saturated heterocycles. The third-order valence-corrected chi connectivity index (χ3v) is 5.25. The van der Waals surface area contributed by atoms with E-state index < -0.39 is 17.6 Å². The number of alkyl halides is 3. The molecule has 2 aromatic heterocycles. The van der Waals surface area contributed by atoms with Crippen LogP contribution in [0.1, 0.15) is 50.9 Å². The van der Waals surface area contributed by atoms with Crippen molar-refractivity contribution >= 4 is 17.5 Å². The molecule has 1 unspecified atom stereocenters. The molecule has 7 nitrogen and oxygen atoms in total. The summed E-state index contributed by atoms with van der Waals surface area (Å²) in [5.74, 6) is -0.645. The van der Waals surface area contributed by atoms with Crippen LogP contribution in [-0.4, -0.2) is 44.4 Å². The van der Waals surface area contributed by atoms with Gasteiger partial charge in [-0.05, 0) is 49.2 Å². The van der Waals surface area contributed by atoms with Crippen molar-refractivity contribution < 1.29 is 22.8 Å². The van der Waals surface area contributed by atoms with Gasteiger partial charge in [0.05, 0.1) is 5.56 Å². The maximum atomic E-state index is 13.1. The minimum absolute atomic E-state index is 0.222. The fourth-order valence-electron chi connectivity index (χ4n) is 3.69. The lowest BCUT2D eigenvalue weighted by Crippen LogP contribution is -2.39. The van der Waals surface area contributed by atoms with E-state index in [0.717, 1.165) is 12.3 Å². The molecule has 1 atom stereocenters. The first-order valence-corrected chi connectivity index (χ1v) is 9.35. The predicted molar refractivity (Wildman–Crippen MR) is 101 cm³/mol. The van der Waals surface area contributed by atoms with Gasteiger partial charge in [0.25, 0.3) is 5.91 Å². The number of carbonyl (C=O) groups excluding carboxylic acids is 2. The SMILES string of the molecule is NC(=O)c1ccc(C(=O)N2CCCC(c3nnc4ccc(C(F)(F)F)cn34)C2)cc1. The van der Waals surface area contributed by atoms with Crippen molar-refractivity contribution in [3.8, 4) is 0 Å². The molecule has 0 saturated carbocycles. The summed E-state index contributed by atoms with van der Waals surface area (Å²) in [6.07, 6.45) is -2.11. The number of primary amides is 1. The number of hydrogen-bond donors (Lipinski definition) is 1. The molecule has 1 aromatic carbocycles. The smallest absolute Gasteiger partial charge is 0.366 e. The van der Waals surface area contributed by atoms with E-state index >= 15 is 0 Å². The van der Waals surface area contributed by atoms with E-state index in [9.17, 15) is 22.8 Å². The lowest BCUT2D eigenvalue weighted by molar-refractivity contribution is -0.137. The van der Waals surface area contributed by atoms with Gasteiger partial charge in [-0.2, -0.15) is 13.2 Å². The summed E-state index contributed by atoms with van der Waals surface area (Å²) in [5.41, 5.74) is 5.47. The van der Waals surface area contributed by atoms with E-state index in [4.69, 9.17) is 5.73 Å². The predicted octanol–water partition coefficient (Wildman–Crippen LogP) is 2.87. The van der Waals surface area contributed by atoms with Gasteiger partial charge in [0.1, 0.15) is 5.82 Å². The first-order valence-electron chi connectivity index (χ1n) is 9.35. The van der Waals surface area contributed by atoms with Crippen molar-refractivity contribution in [3.63, 3.8) is 0 Å². The standard InChI is InChI=1S/C20H18F3N5O2/c21-20(22,23)15-7-8-16-25-26-18(28(16)11-15)14-2-1-9-27(10-14)19(30)13-5-3-12(4-6-13)17(24)29/h3-8,11,14H,1-2,9-10H2,(H2,24,29). The number of carbonyl (C=O) groups is 2. The van der Waals surface area contributed by atoms with Crippen LogP contribution in [0, 0.1) is 0 Å². The summed E-state index contributed by atoms with van der Waals surface area (Å²) in [7, 11) is 0. The van der Waals surface area contributed by atoms with Crippen LogP contribution in [0.3, 0.4) is 0 Å². The second-order valence-corrected chi connectivity index (χ2v) is 7.23. The number of amides is 2. The van der Waals surface area contributed by atoms with Gasteiger partial charge in [0.2, 0.25) is 5.91 Å². The number of hydrogen-bond acceptors (Lipinski definition) is 4. The zero-order valence-corrected chi connectivity index (χ0v) is 15.8. The molecule has 3 heterocycles. The van der Waals surface area contributed by atoms with Crippen molar-refractivity contribution in [2.45, 2.75) is 24.9 Å². The Balaban J connectivity index is 1.58. The van der Waals surface area contributed by atoms with Crippen molar-refractivity contribution in [2.75, 3.05) is 13.1 Å². The van der Waals surface area contributed by atoms with Crippen molar-refractivity contribution in [1.82, 2.24) is 19.5 Å². The van der Waals surface area contributed by atoms with Crippen molar-refractivity contribution in [3.05, 3.63) is 65.1 Å². The molecule has 1 aliphatic rings.